The fourth-order valence-electron chi connectivity index (χ4n) is 2.82. The minimum absolute atomic E-state index is 0.0766. The first kappa shape index (κ1) is 17.0. The summed E-state index contributed by atoms with van der Waals surface area (Å²) in [5, 5.41) is 17.4. The lowest BCUT2D eigenvalue weighted by Gasteiger charge is -2.28. The van der Waals surface area contributed by atoms with Crippen LogP contribution in [0.1, 0.15) is 18.4 Å². The molecular weight excluding hydrogens is 328 g/mol. The van der Waals surface area contributed by atoms with Gasteiger partial charge in [-0.25, -0.2) is 4.68 Å². The van der Waals surface area contributed by atoms with E-state index in [0.29, 0.717) is 23.9 Å². The minimum atomic E-state index is -0.235. The molecule has 7 heteroatoms. The molecule has 0 radical (unpaired) electrons. The van der Waals surface area contributed by atoms with E-state index < -0.39 is 0 Å². The van der Waals surface area contributed by atoms with Crippen molar-refractivity contribution >= 4 is 23.3 Å². The first-order valence-corrected chi connectivity index (χ1v) is 8.45. The van der Waals surface area contributed by atoms with E-state index in [4.69, 9.17) is 11.6 Å². The maximum absolute atomic E-state index is 12.2. The molecule has 128 valence electrons. The third-order valence-corrected chi connectivity index (χ3v) is 4.56. The fraction of sp³-hybridized carbons (Fsp3) is 0.412. The number of nitrogens with one attached hydrogen (secondary N) is 1. The highest BCUT2D eigenvalue weighted by Gasteiger charge is 2.19. The number of piperidine rings is 1. The molecular formula is C17H21ClN4O2. The lowest BCUT2D eigenvalue weighted by Crippen LogP contribution is -2.40. The summed E-state index contributed by atoms with van der Waals surface area (Å²) in [6, 6.07) is 9.35. The van der Waals surface area contributed by atoms with Gasteiger partial charge in [0.2, 0.25) is 5.91 Å². The summed E-state index contributed by atoms with van der Waals surface area (Å²) >= 11 is 6.18. The summed E-state index contributed by atoms with van der Waals surface area (Å²) in [7, 11) is 0. The van der Waals surface area contributed by atoms with Gasteiger partial charge < -0.3 is 10.4 Å². The average molecular weight is 349 g/mol. The Balaban J connectivity index is 1.59. The van der Waals surface area contributed by atoms with Crippen LogP contribution < -0.4 is 5.32 Å². The van der Waals surface area contributed by atoms with Gasteiger partial charge in [0.15, 0.2) is 0 Å². The Hall–Kier alpha value is -1.89. The number of hydrogen-bond acceptors (Lipinski definition) is 4. The summed E-state index contributed by atoms with van der Waals surface area (Å²) < 4.78 is 1.72. The normalized spacial score (nSPS) is 16.2. The second kappa shape index (κ2) is 7.79. The first-order chi connectivity index (χ1) is 11.6. The van der Waals surface area contributed by atoms with E-state index in [0.717, 1.165) is 31.5 Å². The van der Waals surface area contributed by atoms with Crippen LogP contribution >= 0.6 is 11.6 Å². The van der Waals surface area contributed by atoms with Crippen molar-refractivity contribution < 1.29 is 9.90 Å². The highest BCUT2D eigenvalue weighted by Crippen LogP contribution is 2.18. The zero-order chi connectivity index (χ0) is 16.9. The monoisotopic (exact) mass is 348 g/mol. The van der Waals surface area contributed by atoms with Gasteiger partial charge in [-0.2, -0.15) is 5.10 Å². The smallest absolute Gasteiger partial charge is 0.239 e. The van der Waals surface area contributed by atoms with Crippen molar-refractivity contribution in [2.75, 3.05) is 25.0 Å². The van der Waals surface area contributed by atoms with Crippen molar-refractivity contribution in [3.63, 3.8) is 0 Å². The van der Waals surface area contributed by atoms with E-state index in [2.05, 4.69) is 15.3 Å². The van der Waals surface area contributed by atoms with Crippen LogP contribution in [0.2, 0.25) is 5.02 Å². The van der Waals surface area contributed by atoms with Crippen LogP contribution in [0.4, 0.5) is 5.82 Å². The predicted octanol–water partition coefficient (Wildman–Crippen LogP) is 1.98. The van der Waals surface area contributed by atoms with Crippen molar-refractivity contribution in [3.05, 3.63) is 47.1 Å². The second-order valence-corrected chi connectivity index (χ2v) is 6.43. The molecule has 1 aliphatic heterocycles. The Morgan fingerprint density at radius 3 is 2.79 bits per heavy atom. The van der Waals surface area contributed by atoms with Crippen LogP contribution in [0.15, 0.2) is 36.5 Å². The van der Waals surface area contributed by atoms with Gasteiger partial charge in [-0.15, -0.1) is 0 Å². The molecule has 1 fully saturated rings. The molecule has 24 heavy (non-hydrogen) atoms. The molecule has 0 bridgehead atoms. The number of amides is 1. The molecule has 1 aromatic carbocycles. The minimum Gasteiger partial charge on any atom is -0.393 e. The second-order valence-electron chi connectivity index (χ2n) is 6.02. The number of aliphatic hydroxyl groups is 1. The van der Waals surface area contributed by atoms with Crippen LogP contribution in [-0.4, -0.2) is 51.4 Å². The van der Waals surface area contributed by atoms with Gasteiger partial charge in [0, 0.05) is 24.2 Å². The van der Waals surface area contributed by atoms with Gasteiger partial charge in [0.25, 0.3) is 0 Å². The third-order valence-electron chi connectivity index (χ3n) is 4.19. The van der Waals surface area contributed by atoms with Gasteiger partial charge in [0.1, 0.15) is 5.82 Å². The van der Waals surface area contributed by atoms with E-state index in [1.165, 1.54) is 0 Å². The van der Waals surface area contributed by atoms with E-state index in [1.54, 1.807) is 16.9 Å². The lowest BCUT2D eigenvalue weighted by atomic mass is 10.1. The van der Waals surface area contributed by atoms with Crippen molar-refractivity contribution in [3.8, 4) is 0 Å². The number of nitrogens with zero attached hydrogens (tertiary/aromatic N) is 3. The zero-order valence-electron chi connectivity index (χ0n) is 13.4. The van der Waals surface area contributed by atoms with Crippen LogP contribution in [-0.2, 0) is 11.3 Å². The molecule has 0 saturated carbocycles. The van der Waals surface area contributed by atoms with Crippen molar-refractivity contribution in [1.29, 1.82) is 0 Å². The average Bonchev–Trinajstić information content (AvgIpc) is 2.99. The van der Waals surface area contributed by atoms with Crippen LogP contribution in [0.3, 0.4) is 0 Å². The summed E-state index contributed by atoms with van der Waals surface area (Å²) in [6.07, 6.45) is 2.86. The molecule has 2 aromatic rings. The maximum atomic E-state index is 12.2. The Kier molecular flexibility index (Phi) is 5.50. The number of benzene rings is 1. The molecule has 2 N–H and O–H groups in total. The topological polar surface area (TPSA) is 70.4 Å². The fourth-order valence-corrected chi connectivity index (χ4v) is 3.01. The van der Waals surface area contributed by atoms with Crippen molar-refractivity contribution in [2.24, 2.45) is 0 Å². The SMILES string of the molecule is O=C(CN1CCC(O)CC1)Nc1ccnn1Cc1ccccc1Cl. The van der Waals surface area contributed by atoms with Gasteiger partial charge in [-0.05, 0) is 24.5 Å². The Morgan fingerprint density at radius 2 is 2.04 bits per heavy atom. The van der Waals surface area contributed by atoms with E-state index in [-0.39, 0.29) is 12.0 Å². The highest BCUT2D eigenvalue weighted by molar-refractivity contribution is 6.31. The van der Waals surface area contributed by atoms with Crippen LogP contribution in [0, 0.1) is 0 Å². The van der Waals surface area contributed by atoms with Gasteiger partial charge in [0.05, 0.1) is 25.4 Å². The summed E-state index contributed by atoms with van der Waals surface area (Å²) in [6.45, 7) is 2.31. The maximum Gasteiger partial charge on any atom is 0.239 e. The molecule has 0 aliphatic carbocycles. The number of aliphatic hydroxyl groups excluding tert-OH is 1. The zero-order valence-corrected chi connectivity index (χ0v) is 14.1. The lowest BCUT2D eigenvalue weighted by molar-refractivity contribution is -0.117. The Bertz CT molecular complexity index is 695. The number of aromatic nitrogens is 2. The van der Waals surface area contributed by atoms with E-state index >= 15 is 0 Å². The van der Waals surface area contributed by atoms with E-state index in [9.17, 15) is 9.90 Å². The third kappa shape index (κ3) is 4.35. The summed E-state index contributed by atoms with van der Waals surface area (Å²) in [4.78, 5) is 14.3. The molecule has 1 aromatic heterocycles. The van der Waals surface area contributed by atoms with Gasteiger partial charge in [-0.1, -0.05) is 29.8 Å². The van der Waals surface area contributed by atoms with Crippen molar-refractivity contribution in [1.82, 2.24) is 14.7 Å². The molecule has 6 nitrogen and oxygen atoms in total. The number of hydrogen-bond donors (Lipinski definition) is 2. The molecule has 0 spiro atoms. The number of carbonyl (C=O) groups excluding carboxylic acids is 1. The van der Waals surface area contributed by atoms with Crippen LogP contribution in [0.5, 0.6) is 0 Å². The van der Waals surface area contributed by atoms with Crippen LogP contribution in [0.25, 0.3) is 0 Å². The number of halogens is 1. The number of rotatable bonds is 5. The molecule has 1 amide bonds. The first-order valence-electron chi connectivity index (χ1n) is 8.07. The Labute approximate surface area is 146 Å². The molecule has 3 rings (SSSR count). The summed E-state index contributed by atoms with van der Waals surface area (Å²) in [5.74, 6) is 0.573. The number of likely N-dealkylation sites (tertiary alicyclic amines) is 1. The number of anilines is 1. The molecule has 1 saturated heterocycles. The number of carbonyl (C=O) groups is 1. The quantitative estimate of drug-likeness (QED) is 0.866. The van der Waals surface area contributed by atoms with Gasteiger partial charge in [-0.3, -0.25) is 9.69 Å². The van der Waals surface area contributed by atoms with Crippen molar-refractivity contribution in [2.45, 2.75) is 25.5 Å². The molecule has 0 atom stereocenters. The largest absolute Gasteiger partial charge is 0.393 e. The molecule has 2 heterocycles. The van der Waals surface area contributed by atoms with E-state index in [1.807, 2.05) is 24.3 Å². The molecule has 0 unspecified atom stereocenters. The molecule has 1 aliphatic rings. The summed E-state index contributed by atoms with van der Waals surface area (Å²) in [5.41, 5.74) is 0.948. The standard InChI is InChI=1S/C17H21ClN4O2/c18-15-4-2-1-3-13(15)11-22-16(5-8-19-22)20-17(24)12-21-9-6-14(23)7-10-21/h1-5,8,14,23H,6-7,9-12H2,(H,20,24). The predicted molar refractivity (Wildman–Crippen MR) is 93.1 cm³/mol. The van der Waals surface area contributed by atoms with Gasteiger partial charge >= 0.3 is 0 Å². The highest BCUT2D eigenvalue weighted by atomic mass is 35.5. The Morgan fingerprint density at radius 1 is 1.29 bits per heavy atom.